The van der Waals surface area contributed by atoms with Gasteiger partial charge in [0.05, 0.1) is 15.6 Å². The third kappa shape index (κ3) is 5.68. The van der Waals surface area contributed by atoms with Gasteiger partial charge in [0.25, 0.3) is 10.0 Å². The number of hydrogen-bond donors (Lipinski definition) is 2. The highest BCUT2D eigenvalue weighted by Crippen LogP contribution is 2.29. The summed E-state index contributed by atoms with van der Waals surface area (Å²) in [5, 5.41) is 10.7. The third-order valence-electron chi connectivity index (χ3n) is 3.78. The number of amides is 1. The summed E-state index contributed by atoms with van der Waals surface area (Å²) >= 11 is 6.17. The van der Waals surface area contributed by atoms with Crippen molar-refractivity contribution < 1.29 is 35.3 Å². The molecule has 152 valence electrons. The number of hydrogen-bond acceptors (Lipinski definition) is 4. The van der Waals surface area contributed by atoms with E-state index in [2.05, 4.69) is 4.83 Å². The lowest BCUT2D eigenvalue weighted by atomic mass is 10.3. The molecule has 0 atom stereocenters. The SMILES string of the molecule is O=C(C[n+]1ccccc1)N(NS(=O)(=O)c1ccccc1)c1cc(O)ccc1Cl.[Cl-]. The van der Waals surface area contributed by atoms with E-state index in [-0.39, 0.29) is 40.3 Å². The predicted octanol–water partition coefficient (Wildman–Crippen LogP) is -0.736. The Morgan fingerprint density at radius 1 is 1.03 bits per heavy atom. The molecule has 0 aliphatic carbocycles. The Bertz CT molecular complexity index is 1080. The van der Waals surface area contributed by atoms with Crippen LogP contribution in [0.3, 0.4) is 0 Å². The number of anilines is 1. The number of phenols is 1. The van der Waals surface area contributed by atoms with Gasteiger partial charge in [-0.05, 0) is 24.3 Å². The number of hydrazine groups is 1. The fourth-order valence-corrected chi connectivity index (χ4v) is 3.71. The molecule has 1 heterocycles. The van der Waals surface area contributed by atoms with E-state index in [4.69, 9.17) is 11.6 Å². The maximum Gasteiger partial charge on any atom is 0.308 e. The molecule has 1 amide bonds. The highest BCUT2D eigenvalue weighted by atomic mass is 35.5. The Balaban J connectivity index is 0.00000300. The minimum Gasteiger partial charge on any atom is -1.00 e. The Labute approximate surface area is 179 Å². The highest BCUT2D eigenvalue weighted by Gasteiger charge is 2.28. The number of benzene rings is 2. The summed E-state index contributed by atoms with van der Waals surface area (Å²) in [7, 11) is -4.07. The Hall–Kier alpha value is -2.65. The van der Waals surface area contributed by atoms with Crippen LogP contribution in [0.2, 0.25) is 5.02 Å². The lowest BCUT2D eigenvalue weighted by molar-refractivity contribution is -0.684. The zero-order valence-corrected chi connectivity index (χ0v) is 17.3. The van der Waals surface area contributed by atoms with Crippen molar-refractivity contribution in [3.63, 3.8) is 0 Å². The van der Waals surface area contributed by atoms with Crippen molar-refractivity contribution in [2.75, 3.05) is 5.01 Å². The second-order valence-electron chi connectivity index (χ2n) is 5.82. The van der Waals surface area contributed by atoms with Gasteiger partial charge in [-0.25, -0.2) is 13.4 Å². The summed E-state index contributed by atoms with van der Waals surface area (Å²) in [6.07, 6.45) is 3.34. The fourth-order valence-electron chi connectivity index (χ4n) is 2.45. The average molecular weight is 454 g/mol. The van der Waals surface area contributed by atoms with E-state index in [9.17, 15) is 18.3 Å². The van der Waals surface area contributed by atoms with Gasteiger partial charge in [0.2, 0.25) is 6.54 Å². The molecule has 3 aromatic rings. The van der Waals surface area contributed by atoms with E-state index < -0.39 is 15.9 Å². The van der Waals surface area contributed by atoms with Crippen LogP contribution >= 0.6 is 11.6 Å². The molecule has 1 aromatic heterocycles. The smallest absolute Gasteiger partial charge is 0.308 e. The largest absolute Gasteiger partial charge is 1.00 e. The average Bonchev–Trinajstić information content (AvgIpc) is 2.69. The Kier molecular flexibility index (Phi) is 7.58. The quantitative estimate of drug-likeness (QED) is 0.380. The predicted molar refractivity (Wildman–Crippen MR) is 104 cm³/mol. The fraction of sp³-hybridized carbons (Fsp3) is 0.0526. The van der Waals surface area contributed by atoms with Gasteiger partial charge >= 0.3 is 5.91 Å². The molecule has 2 N–H and O–H groups in total. The second kappa shape index (κ2) is 9.71. The van der Waals surface area contributed by atoms with Crippen molar-refractivity contribution in [2.45, 2.75) is 11.4 Å². The van der Waals surface area contributed by atoms with Crippen molar-refractivity contribution >= 4 is 33.2 Å². The number of carbonyl (C=O) groups excluding carboxylic acids is 1. The van der Waals surface area contributed by atoms with Crippen LogP contribution < -0.4 is 26.8 Å². The number of phenolic OH excluding ortho intramolecular Hbond substituents is 1. The molecule has 10 heteroatoms. The van der Waals surface area contributed by atoms with Crippen LogP contribution in [0.15, 0.2) is 84.0 Å². The number of rotatable bonds is 6. The van der Waals surface area contributed by atoms with Crippen molar-refractivity contribution in [3.8, 4) is 5.75 Å². The molecule has 2 aromatic carbocycles. The summed E-state index contributed by atoms with van der Waals surface area (Å²) in [5.74, 6) is -0.758. The second-order valence-corrected chi connectivity index (χ2v) is 7.89. The molecule has 0 aliphatic rings. The minimum atomic E-state index is -4.07. The van der Waals surface area contributed by atoms with E-state index in [0.29, 0.717) is 0 Å². The van der Waals surface area contributed by atoms with Crippen molar-refractivity contribution in [2.24, 2.45) is 0 Å². The van der Waals surface area contributed by atoms with E-state index >= 15 is 0 Å². The minimum absolute atomic E-state index is 0. The lowest BCUT2D eigenvalue weighted by Crippen LogP contribution is -3.00. The van der Waals surface area contributed by atoms with Crippen LogP contribution in [-0.4, -0.2) is 19.4 Å². The number of halogens is 2. The molecule has 7 nitrogen and oxygen atoms in total. The van der Waals surface area contributed by atoms with E-state index in [1.54, 1.807) is 53.4 Å². The van der Waals surface area contributed by atoms with Gasteiger partial charge < -0.3 is 17.5 Å². The molecule has 0 aliphatic heterocycles. The molecular formula is C19H17Cl2N3O4S. The normalized spacial score (nSPS) is 10.8. The molecule has 3 rings (SSSR count). The Morgan fingerprint density at radius 3 is 2.31 bits per heavy atom. The molecule has 0 spiro atoms. The summed E-state index contributed by atoms with van der Waals surface area (Å²) < 4.78 is 27.1. The monoisotopic (exact) mass is 453 g/mol. The van der Waals surface area contributed by atoms with E-state index in [0.717, 1.165) is 5.01 Å². The first kappa shape index (κ1) is 22.6. The van der Waals surface area contributed by atoms with Crippen LogP contribution in [0.1, 0.15) is 0 Å². The molecule has 0 saturated heterocycles. The van der Waals surface area contributed by atoms with Crippen molar-refractivity contribution in [3.05, 3.63) is 84.1 Å². The summed E-state index contributed by atoms with van der Waals surface area (Å²) in [4.78, 5) is 15.2. The lowest BCUT2D eigenvalue weighted by Gasteiger charge is -2.23. The summed E-state index contributed by atoms with van der Waals surface area (Å²) in [6, 6.07) is 16.8. The topological polar surface area (TPSA) is 90.6 Å². The van der Waals surface area contributed by atoms with Gasteiger partial charge in [0, 0.05) is 18.2 Å². The molecule has 0 unspecified atom stereocenters. The first-order chi connectivity index (χ1) is 13.4. The molecular weight excluding hydrogens is 437 g/mol. The van der Waals surface area contributed by atoms with E-state index in [1.165, 1.54) is 30.3 Å². The highest BCUT2D eigenvalue weighted by molar-refractivity contribution is 7.89. The van der Waals surface area contributed by atoms with Gasteiger partial charge in [-0.15, -0.1) is 4.83 Å². The number of nitrogens with one attached hydrogen (secondary N) is 1. The van der Waals surface area contributed by atoms with Gasteiger partial charge in [-0.3, -0.25) is 4.79 Å². The maximum absolute atomic E-state index is 12.9. The first-order valence-corrected chi connectivity index (χ1v) is 10.1. The van der Waals surface area contributed by atoms with Crippen molar-refractivity contribution in [1.29, 1.82) is 0 Å². The molecule has 29 heavy (non-hydrogen) atoms. The van der Waals surface area contributed by atoms with Gasteiger partial charge in [0.1, 0.15) is 5.75 Å². The van der Waals surface area contributed by atoms with Crippen LogP contribution in [0.25, 0.3) is 0 Å². The van der Waals surface area contributed by atoms with Gasteiger partial charge in [0.15, 0.2) is 12.4 Å². The summed E-state index contributed by atoms with van der Waals surface area (Å²) in [6.45, 7) is -0.149. The van der Waals surface area contributed by atoms with Gasteiger partial charge in [-0.1, -0.05) is 35.9 Å². The number of carbonyl (C=O) groups is 1. The van der Waals surface area contributed by atoms with Crippen molar-refractivity contribution in [1.82, 2.24) is 4.83 Å². The Morgan fingerprint density at radius 2 is 1.66 bits per heavy atom. The number of pyridine rings is 1. The van der Waals surface area contributed by atoms with E-state index in [1.807, 2.05) is 0 Å². The zero-order chi connectivity index (χ0) is 20.1. The number of aromatic hydroxyl groups is 1. The molecule has 0 bridgehead atoms. The molecule has 0 saturated carbocycles. The van der Waals surface area contributed by atoms with Crippen LogP contribution in [-0.2, 0) is 21.4 Å². The van der Waals surface area contributed by atoms with Crippen LogP contribution in [0.5, 0.6) is 5.75 Å². The third-order valence-corrected chi connectivity index (χ3v) is 5.42. The standard InChI is InChI=1S/C19H16ClN3O4S.ClH/c20-17-10-9-15(24)13-18(17)23(19(25)14-22-11-5-2-6-12-22)21-28(26,27)16-7-3-1-4-8-16;/h1-13,21H,14H2;1H. The first-order valence-electron chi connectivity index (χ1n) is 8.20. The molecule has 0 radical (unpaired) electrons. The number of sulfonamides is 1. The number of aromatic nitrogens is 1. The van der Waals surface area contributed by atoms with Gasteiger partial charge in [-0.2, -0.15) is 4.57 Å². The zero-order valence-electron chi connectivity index (χ0n) is 14.9. The van der Waals surface area contributed by atoms with Crippen LogP contribution in [0, 0.1) is 0 Å². The van der Waals surface area contributed by atoms with Crippen LogP contribution in [0.4, 0.5) is 5.69 Å². The maximum atomic E-state index is 12.9. The number of nitrogens with zero attached hydrogens (tertiary/aromatic N) is 2. The summed E-state index contributed by atoms with van der Waals surface area (Å²) in [5.41, 5.74) is 0.0164. The molecule has 0 fully saturated rings.